The molecule has 0 fully saturated rings. The van der Waals surface area contributed by atoms with Crippen LogP contribution in [0.5, 0.6) is 5.75 Å². The Hall–Kier alpha value is -3.19. The molecule has 5 rings (SSSR count). The molecule has 38 heavy (non-hydrogen) atoms. The fraction of sp³-hybridized carbons (Fsp3) is 0.250. The topological polar surface area (TPSA) is 39.7 Å². The maximum Gasteiger partial charge on any atom is 0.132 e. The Labute approximate surface area is 231 Å². The molecule has 0 bridgehead atoms. The second-order valence-electron chi connectivity index (χ2n) is 9.98. The number of hydrogen-bond donors (Lipinski definition) is 1. The minimum atomic E-state index is -0.709. The van der Waals surface area contributed by atoms with Crippen molar-refractivity contribution in [3.8, 4) is 5.75 Å². The molecule has 2 unspecified atom stereocenters. The summed E-state index contributed by atoms with van der Waals surface area (Å²) in [7, 11) is 0. The number of ether oxygens (including phenoxy) is 3. The number of nitrogens with one attached hydrogen (secondary N) is 1. The summed E-state index contributed by atoms with van der Waals surface area (Å²) >= 11 is 3.32. The minimum Gasteiger partial charge on any atom is -0.485 e. The highest BCUT2D eigenvalue weighted by Crippen LogP contribution is 2.45. The first kappa shape index (κ1) is 26.4. The van der Waals surface area contributed by atoms with Crippen molar-refractivity contribution in [2.45, 2.75) is 51.4 Å². The van der Waals surface area contributed by atoms with Crippen LogP contribution in [0.2, 0.25) is 0 Å². The Kier molecular flexibility index (Phi) is 8.12. The van der Waals surface area contributed by atoms with Crippen molar-refractivity contribution >= 4 is 21.6 Å². The van der Waals surface area contributed by atoms with E-state index in [2.05, 4.69) is 39.4 Å². The van der Waals surface area contributed by atoms with Crippen molar-refractivity contribution in [3.63, 3.8) is 0 Å². The second-order valence-corrected chi connectivity index (χ2v) is 10.9. The molecule has 196 valence electrons. The second kappa shape index (κ2) is 11.7. The zero-order valence-electron chi connectivity index (χ0n) is 21.5. The first-order valence-electron chi connectivity index (χ1n) is 12.7. The predicted molar refractivity (Wildman–Crippen MR) is 152 cm³/mol. The van der Waals surface area contributed by atoms with Gasteiger partial charge in [0.2, 0.25) is 0 Å². The quantitative estimate of drug-likeness (QED) is 0.218. The minimum absolute atomic E-state index is 0.100. The zero-order chi connectivity index (χ0) is 26.5. The maximum absolute atomic E-state index is 14.6. The van der Waals surface area contributed by atoms with Gasteiger partial charge in [-0.05, 0) is 55.3 Å². The Balaban J connectivity index is 1.43. The van der Waals surface area contributed by atoms with Crippen LogP contribution in [0.15, 0.2) is 102 Å². The van der Waals surface area contributed by atoms with Gasteiger partial charge in [0.25, 0.3) is 0 Å². The van der Waals surface area contributed by atoms with E-state index in [4.69, 9.17) is 14.2 Å². The molecule has 4 nitrogen and oxygen atoms in total. The molecule has 0 spiro atoms. The highest BCUT2D eigenvalue weighted by molar-refractivity contribution is 9.10. The fourth-order valence-electron chi connectivity index (χ4n) is 4.69. The molecule has 1 heterocycles. The number of hydrogen-bond acceptors (Lipinski definition) is 4. The Morgan fingerprint density at radius 3 is 2.26 bits per heavy atom. The van der Waals surface area contributed by atoms with E-state index in [1.807, 2.05) is 80.6 Å². The van der Waals surface area contributed by atoms with Crippen molar-refractivity contribution in [2.75, 3.05) is 5.32 Å². The SMILES string of the molecule is CC1(C)Oc2ccc(NCc3ccccc3)cc2C(OCc2ccccc2)C1OCc1ccc(Br)cc1F. The molecule has 6 heteroatoms. The first-order chi connectivity index (χ1) is 18.4. The summed E-state index contributed by atoms with van der Waals surface area (Å²) in [6.45, 7) is 5.18. The third-order valence-electron chi connectivity index (χ3n) is 6.69. The van der Waals surface area contributed by atoms with Gasteiger partial charge in [-0.3, -0.25) is 0 Å². The average molecular weight is 577 g/mol. The highest BCUT2D eigenvalue weighted by Gasteiger charge is 2.46. The van der Waals surface area contributed by atoms with Crippen LogP contribution < -0.4 is 10.1 Å². The molecule has 0 saturated heterocycles. The Bertz CT molecular complexity index is 1360. The number of fused-ring (bicyclic) bond motifs is 1. The van der Waals surface area contributed by atoms with Crippen molar-refractivity contribution in [1.82, 2.24) is 0 Å². The van der Waals surface area contributed by atoms with E-state index in [-0.39, 0.29) is 12.4 Å². The van der Waals surface area contributed by atoms with Gasteiger partial charge in [0, 0.05) is 27.8 Å². The summed E-state index contributed by atoms with van der Waals surface area (Å²) in [4.78, 5) is 0. The van der Waals surface area contributed by atoms with Gasteiger partial charge in [0.15, 0.2) is 0 Å². The summed E-state index contributed by atoms with van der Waals surface area (Å²) in [5, 5.41) is 3.51. The molecule has 0 aliphatic carbocycles. The van der Waals surface area contributed by atoms with Gasteiger partial charge < -0.3 is 19.5 Å². The van der Waals surface area contributed by atoms with Crippen LogP contribution in [0.3, 0.4) is 0 Å². The number of halogens is 2. The molecule has 0 radical (unpaired) electrons. The summed E-state index contributed by atoms with van der Waals surface area (Å²) in [5.74, 6) is 0.441. The van der Waals surface area contributed by atoms with Gasteiger partial charge in [0.1, 0.15) is 29.4 Å². The van der Waals surface area contributed by atoms with Crippen LogP contribution in [0.25, 0.3) is 0 Å². The van der Waals surface area contributed by atoms with E-state index in [1.54, 1.807) is 6.07 Å². The van der Waals surface area contributed by atoms with Crippen LogP contribution in [0.4, 0.5) is 10.1 Å². The van der Waals surface area contributed by atoms with Gasteiger partial charge in [0.05, 0.1) is 13.2 Å². The van der Waals surface area contributed by atoms with E-state index in [0.29, 0.717) is 23.2 Å². The van der Waals surface area contributed by atoms with E-state index < -0.39 is 17.8 Å². The Morgan fingerprint density at radius 1 is 0.842 bits per heavy atom. The van der Waals surface area contributed by atoms with E-state index in [0.717, 1.165) is 22.6 Å². The molecule has 2 atom stereocenters. The van der Waals surface area contributed by atoms with E-state index in [9.17, 15) is 4.39 Å². The molecule has 1 aliphatic rings. The van der Waals surface area contributed by atoms with E-state index in [1.165, 1.54) is 11.6 Å². The Morgan fingerprint density at radius 2 is 1.55 bits per heavy atom. The van der Waals surface area contributed by atoms with Crippen molar-refractivity contribution < 1.29 is 18.6 Å². The lowest BCUT2D eigenvalue weighted by Crippen LogP contribution is -2.51. The van der Waals surface area contributed by atoms with Gasteiger partial charge >= 0.3 is 0 Å². The molecule has 4 aromatic rings. The molecule has 1 aliphatic heterocycles. The maximum atomic E-state index is 14.6. The molecule has 0 saturated carbocycles. The van der Waals surface area contributed by atoms with Gasteiger partial charge in [-0.25, -0.2) is 4.39 Å². The third kappa shape index (κ3) is 6.26. The van der Waals surface area contributed by atoms with Crippen LogP contribution in [0.1, 0.15) is 42.2 Å². The van der Waals surface area contributed by atoms with Crippen molar-refractivity contribution in [1.29, 1.82) is 0 Å². The molecule has 0 amide bonds. The molecular formula is C32H31BrFNO3. The molecule has 4 aromatic carbocycles. The summed E-state index contributed by atoms with van der Waals surface area (Å²) in [6.07, 6.45) is -0.905. The summed E-state index contributed by atoms with van der Waals surface area (Å²) < 4.78 is 34.7. The summed E-state index contributed by atoms with van der Waals surface area (Å²) in [5.41, 5.74) is 3.89. The highest BCUT2D eigenvalue weighted by atomic mass is 79.9. The van der Waals surface area contributed by atoms with Gasteiger partial charge in [-0.15, -0.1) is 0 Å². The number of rotatable bonds is 9. The van der Waals surface area contributed by atoms with Crippen LogP contribution in [-0.4, -0.2) is 11.7 Å². The number of benzene rings is 4. The van der Waals surface area contributed by atoms with Crippen molar-refractivity contribution in [2.24, 2.45) is 0 Å². The molecule has 0 aromatic heterocycles. The summed E-state index contributed by atoms with van der Waals surface area (Å²) in [6, 6.07) is 31.4. The first-order valence-corrected chi connectivity index (χ1v) is 13.5. The average Bonchev–Trinajstić information content (AvgIpc) is 2.91. The molecular weight excluding hydrogens is 545 g/mol. The standard InChI is InChI=1S/C32H31BrFNO3/c1-32(2)31(37-21-24-13-14-25(33)17-28(24)34)30(36-20-23-11-7-4-8-12-23)27-18-26(15-16-29(27)38-32)35-19-22-9-5-3-6-10-22/h3-18,30-31,35H,19-21H2,1-2H3. The predicted octanol–water partition coefficient (Wildman–Crippen LogP) is 8.21. The largest absolute Gasteiger partial charge is 0.485 e. The molecule has 1 N–H and O–H groups in total. The lowest BCUT2D eigenvalue weighted by Gasteiger charge is -2.44. The van der Waals surface area contributed by atoms with Gasteiger partial charge in [-0.2, -0.15) is 0 Å². The fourth-order valence-corrected chi connectivity index (χ4v) is 5.02. The zero-order valence-corrected chi connectivity index (χ0v) is 23.1. The van der Waals surface area contributed by atoms with Gasteiger partial charge in [-0.1, -0.05) is 82.7 Å². The normalized spacial score (nSPS) is 17.9. The third-order valence-corrected chi connectivity index (χ3v) is 7.19. The van der Waals surface area contributed by atoms with Crippen LogP contribution >= 0.6 is 15.9 Å². The van der Waals surface area contributed by atoms with Crippen LogP contribution in [0, 0.1) is 5.82 Å². The smallest absolute Gasteiger partial charge is 0.132 e. The van der Waals surface area contributed by atoms with Crippen molar-refractivity contribution in [3.05, 3.63) is 130 Å². The van der Waals surface area contributed by atoms with E-state index >= 15 is 0 Å². The monoisotopic (exact) mass is 575 g/mol. The lowest BCUT2D eigenvalue weighted by molar-refractivity contribution is -0.171. The lowest BCUT2D eigenvalue weighted by atomic mass is 9.87. The number of anilines is 1. The van der Waals surface area contributed by atoms with Crippen LogP contribution in [-0.2, 0) is 29.2 Å².